The van der Waals surface area contributed by atoms with Gasteiger partial charge in [-0.05, 0) is 76.7 Å². The molecule has 0 spiro atoms. The number of hydrogen-bond donors (Lipinski definition) is 2. The van der Waals surface area contributed by atoms with Crippen LogP contribution in [0.4, 0.5) is 0 Å². The Morgan fingerprint density at radius 3 is 1.65 bits per heavy atom. The maximum Gasteiger partial charge on any atom is 0.322 e. The minimum atomic E-state index is -1.03. The van der Waals surface area contributed by atoms with Crippen molar-refractivity contribution >= 4 is 17.8 Å². The van der Waals surface area contributed by atoms with Gasteiger partial charge in [-0.15, -0.1) is 0 Å². The number of rotatable bonds is 34. The molecular weight excluding hydrogens is 574 g/mol. The van der Waals surface area contributed by atoms with E-state index in [1.165, 1.54) is 103 Å². The van der Waals surface area contributed by atoms with Crippen LogP contribution in [0.25, 0.3) is 0 Å². The lowest BCUT2D eigenvalue weighted by molar-refractivity contribution is -0.147. The molecule has 0 rings (SSSR count). The van der Waals surface area contributed by atoms with E-state index in [9.17, 15) is 14.4 Å². The first-order valence-corrected chi connectivity index (χ1v) is 19.1. The molecule has 1 unspecified atom stereocenters. The van der Waals surface area contributed by atoms with E-state index in [1.807, 2.05) is 0 Å². The van der Waals surface area contributed by atoms with Crippen molar-refractivity contribution in [2.75, 3.05) is 6.54 Å². The monoisotopic (exact) mass is 646 g/mol. The lowest BCUT2D eigenvalue weighted by atomic mass is 10.1. The standard InChI is InChI=1S/C40H71NO5/c1-3-5-7-9-11-12-13-14-15-16-17-18-19-20-21-23-25-31-35-40(45)46-37(32-28-24-22-10-8-6-4-2)33-29-26-27-30-34-38(42)41-36-39(43)44/h12-13,15-16,28,32,37H,3-11,14,17-27,29-31,33-36H2,1-2H3,(H,41,42)(H,43,44)/b13-12-,16-15-,32-28-. The zero-order chi connectivity index (χ0) is 33.8. The van der Waals surface area contributed by atoms with Gasteiger partial charge in [0.15, 0.2) is 0 Å². The number of carboxylic acids is 1. The van der Waals surface area contributed by atoms with Crippen molar-refractivity contribution < 1.29 is 24.2 Å². The third-order valence-corrected chi connectivity index (χ3v) is 8.27. The number of amides is 1. The van der Waals surface area contributed by atoms with Gasteiger partial charge in [-0.3, -0.25) is 14.4 Å². The van der Waals surface area contributed by atoms with Crippen molar-refractivity contribution in [2.45, 2.75) is 193 Å². The number of unbranched alkanes of at least 4 members (excludes halogenated alkanes) is 19. The molecule has 1 amide bonds. The van der Waals surface area contributed by atoms with Crippen LogP contribution in [0.1, 0.15) is 187 Å². The minimum Gasteiger partial charge on any atom is -0.480 e. The fourth-order valence-electron chi connectivity index (χ4n) is 5.39. The molecule has 266 valence electrons. The van der Waals surface area contributed by atoms with Crippen LogP contribution >= 0.6 is 0 Å². The summed E-state index contributed by atoms with van der Waals surface area (Å²) in [5.74, 6) is -1.34. The summed E-state index contributed by atoms with van der Waals surface area (Å²) >= 11 is 0. The van der Waals surface area contributed by atoms with E-state index < -0.39 is 5.97 Å². The summed E-state index contributed by atoms with van der Waals surface area (Å²) in [7, 11) is 0. The highest BCUT2D eigenvalue weighted by Gasteiger charge is 2.12. The van der Waals surface area contributed by atoms with E-state index in [4.69, 9.17) is 9.84 Å². The van der Waals surface area contributed by atoms with Gasteiger partial charge in [-0.2, -0.15) is 0 Å². The van der Waals surface area contributed by atoms with Crippen LogP contribution in [0.3, 0.4) is 0 Å². The van der Waals surface area contributed by atoms with E-state index in [2.05, 4.69) is 55.6 Å². The number of carbonyl (C=O) groups excluding carboxylic acids is 2. The third-order valence-electron chi connectivity index (χ3n) is 8.27. The molecule has 0 fully saturated rings. The van der Waals surface area contributed by atoms with Gasteiger partial charge >= 0.3 is 11.9 Å². The van der Waals surface area contributed by atoms with Crippen molar-refractivity contribution in [3.8, 4) is 0 Å². The van der Waals surface area contributed by atoms with Gasteiger partial charge in [0.05, 0.1) is 0 Å². The highest BCUT2D eigenvalue weighted by atomic mass is 16.5. The Balaban J connectivity index is 4.06. The number of nitrogens with one attached hydrogen (secondary N) is 1. The topological polar surface area (TPSA) is 92.7 Å². The first-order valence-electron chi connectivity index (χ1n) is 19.1. The summed E-state index contributed by atoms with van der Waals surface area (Å²) in [6.45, 7) is 4.16. The van der Waals surface area contributed by atoms with Gasteiger partial charge in [0.1, 0.15) is 12.6 Å². The first kappa shape index (κ1) is 43.6. The molecule has 2 N–H and O–H groups in total. The van der Waals surface area contributed by atoms with Crippen LogP contribution in [-0.2, 0) is 19.1 Å². The van der Waals surface area contributed by atoms with Crippen LogP contribution in [0.15, 0.2) is 36.5 Å². The quantitative estimate of drug-likeness (QED) is 0.0412. The second-order valence-corrected chi connectivity index (χ2v) is 12.8. The van der Waals surface area contributed by atoms with Gasteiger partial charge in [0.25, 0.3) is 0 Å². The molecule has 0 aliphatic heterocycles. The molecule has 0 radical (unpaired) electrons. The lowest BCUT2D eigenvalue weighted by Gasteiger charge is -2.15. The lowest BCUT2D eigenvalue weighted by Crippen LogP contribution is -2.28. The fraction of sp³-hybridized carbons (Fsp3) is 0.775. The molecule has 1 atom stereocenters. The summed E-state index contributed by atoms with van der Waals surface area (Å²) in [4.78, 5) is 34.8. The average molecular weight is 646 g/mol. The second kappa shape index (κ2) is 35.5. The van der Waals surface area contributed by atoms with Crippen molar-refractivity contribution in [3.05, 3.63) is 36.5 Å². The predicted octanol–water partition coefficient (Wildman–Crippen LogP) is 11.3. The van der Waals surface area contributed by atoms with Crippen molar-refractivity contribution in [2.24, 2.45) is 0 Å². The normalized spacial score (nSPS) is 12.4. The van der Waals surface area contributed by atoms with Crippen LogP contribution in [-0.4, -0.2) is 35.6 Å². The Bertz CT molecular complexity index is 803. The number of carboxylic acid groups (broad SMARTS) is 1. The molecule has 0 aromatic heterocycles. The number of hydrogen-bond acceptors (Lipinski definition) is 4. The zero-order valence-electron chi connectivity index (χ0n) is 29.9. The number of aliphatic carboxylic acids is 1. The maximum absolute atomic E-state index is 12.6. The molecular formula is C40H71NO5. The Morgan fingerprint density at radius 2 is 1.07 bits per heavy atom. The fourth-order valence-corrected chi connectivity index (χ4v) is 5.39. The van der Waals surface area contributed by atoms with E-state index in [0.29, 0.717) is 12.8 Å². The summed E-state index contributed by atoms with van der Waals surface area (Å²) in [6, 6.07) is 0. The van der Waals surface area contributed by atoms with Crippen LogP contribution in [0.2, 0.25) is 0 Å². The van der Waals surface area contributed by atoms with E-state index in [-0.39, 0.29) is 24.5 Å². The number of ether oxygens (including phenoxy) is 1. The van der Waals surface area contributed by atoms with Gasteiger partial charge in [0, 0.05) is 12.8 Å². The minimum absolute atomic E-state index is 0.0918. The Morgan fingerprint density at radius 1 is 0.587 bits per heavy atom. The van der Waals surface area contributed by atoms with Gasteiger partial charge in [-0.1, -0.05) is 134 Å². The average Bonchev–Trinajstić information content (AvgIpc) is 3.04. The van der Waals surface area contributed by atoms with Gasteiger partial charge in [-0.25, -0.2) is 0 Å². The highest BCUT2D eigenvalue weighted by Crippen LogP contribution is 2.15. The van der Waals surface area contributed by atoms with Crippen molar-refractivity contribution in [1.82, 2.24) is 5.32 Å². The molecule has 0 aromatic carbocycles. The molecule has 0 aliphatic carbocycles. The van der Waals surface area contributed by atoms with Crippen LogP contribution < -0.4 is 5.32 Å². The van der Waals surface area contributed by atoms with Gasteiger partial charge in [0.2, 0.25) is 5.91 Å². The van der Waals surface area contributed by atoms with Crippen LogP contribution in [0.5, 0.6) is 0 Å². The second-order valence-electron chi connectivity index (χ2n) is 12.8. The third kappa shape index (κ3) is 34.5. The van der Waals surface area contributed by atoms with Gasteiger partial charge < -0.3 is 15.2 Å². The van der Waals surface area contributed by atoms with Crippen LogP contribution in [0, 0.1) is 0 Å². The molecule has 46 heavy (non-hydrogen) atoms. The SMILES string of the molecule is CCCCCC/C=C\C/C=C\CCCCCCCCCC(=O)OC(/C=C\CCCCCCC)CCCCCCC(=O)NCC(=O)O. The predicted molar refractivity (Wildman–Crippen MR) is 194 cm³/mol. The largest absolute Gasteiger partial charge is 0.480 e. The van der Waals surface area contributed by atoms with Crippen molar-refractivity contribution in [1.29, 1.82) is 0 Å². The number of esters is 1. The first-order chi connectivity index (χ1) is 22.5. The highest BCUT2D eigenvalue weighted by molar-refractivity contribution is 5.80. The Hall–Kier alpha value is -2.37. The Kier molecular flexibility index (Phi) is 33.7. The van der Waals surface area contributed by atoms with E-state index in [1.54, 1.807) is 0 Å². The molecule has 0 aliphatic rings. The number of carbonyl (C=O) groups is 3. The van der Waals surface area contributed by atoms with E-state index in [0.717, 1.165) is 57.8 Å². The van der Waals surface area contributed by atoms with Crippen molar-refractivity contribution in [3.63, 3.8) is 0 Å². The molecule has 0 heterocycles. The maximum atomic E-state index is 12.6. The summed E-state index contributed by atoms with van der Waals surface area (Å²) in [5, 5.41) is 11.0. The van der Waals surface area contributed by atoms with E-state index >= 15 is 0 Å². The zero-order valence-corrected chi connectivity index (χ0v) is 29.9. The molecule has 0 aromatic rings. The number of allylic oxidation sites excluding steroid dienone is 5. The summed E-state index contributed by atoms with van der Waals surface area (Å²) in [5.41, 5.74) is 0. The summed E-state index contributed by atoms with van der Waals surface area (Å²) in [6.07, 6.45) is 42.8. The molecule has 6 nitrogen and oxygen atoms in total. The summed E-state index contributed by atoms with van der Waals surface area (Å²) < 4.78 is 5.87. The molecule has 6 heteroatoms. The molecule has 0 bridgehead atoms. The molecule has 0 saturated carbocycles. The Labute approximate surface area is 283 Å². The molecule has 0 saturated heterocycles. The smallest absolute Gasteiger partial charge is 0.322 e.